The summed E-state index contributed by atoms with van der Waals surface area (Å²) >= 11 is 0. The van der Waals surface area contributed by atoms with Crippen LogP contribution in [0.5, 0.6) is 5.75 Å². The van der Waals surface area contributed by atoms with E-state index in [0.717, 1.165) is 0 Å². The first-order chi connectivity index (χ1) is 10.0. The Morgan fingerprint density at radius 2 is 2.18 bits per heavy atom. The van der Waals surface area contributed by atoms with Crippen molar-refractivity contribution in [1.29, 1.82) is 0 Å². The first-order valence-electron chi connectivity index (χ1n) is 5.77. The number of nitrogens with two attached hydrogens (primary N) is 2. The SMILES string of the molecule is Cc1ncc(CO)c(/C=N/N=C(\N)c2nonc2N)c1O.Cl. The van der Waals surface area contributed by atoms with Gasteiger partial charge in [-0.05, 0) is 17.2 Å². The van der Waals surface area contributed by atoms with Gasteiger partial charge < -0.3 is 21.7 Å². The van der Waals surface area contributed by atoms with Gasteiger partial charge in [0.2, 0.25) is 0 Å². The molecule has 2 aromatic heterocycles. The highest BCUT2D eigenvalue weighted by molar-refractivity contribution is 5.99. The van der Waals surface area contributed by atoms with Gasteiger partial charge in [-0.25, -0.2) is 4.63 Å². The minimum Gasteiger partial charge on any atom is -0.505 e. The molecule has 0 aromatic carbocycles. The summed E-state index contributed by atoms with van der Waals surface area (Å²) in [6.07, 6.45) is 2.68. The predicted octanol–water partition coefficient (Wildman–Crippen LogP) is -0.286. The summed E-state index contributed by atoms with van der Waals surface area (Å²) in [7, 11) is 0. The van der Waals surface area contributed by atoms with Gasteiger partial charge in [0.15, 0.2) is 17.3 Å². The number of aromatic nitrogens is 3. The Morgan fingerprint density at radius 3 is 2.77 bits per heavy atom. The number of halogens is 1. The van der Waals surface area contributed by atoms with Crippen LogP contribution in [0.2, 0.25) is 0 Å². The molecule has 0 atom stereocenters. The van der Waals surface area contributed by atoms with Crippen molar-refractivity contribution in [3.05, 3.63) is 28.7 Å². The summed E-state index contributed by atoms with van der Waals surface area (Å²) < 4.78 is 4.38. The number of pyridine rings is 1. The maximum absolute atomic E-state index is 9.90. The van der Waals surface area contributed by atoms with Gasteiger partial charge in [0.1, 0.15) is 5.75 Å². The first-order valence-corrected chi connectivity index (χ1v) is 5.77. The third-order valence-corrected chi connectivity index (χ3v) is 2.64. The van der Waals surface area contributed by atoms with E-state index in [9.17, 15) is 10.2 Å². The molecule has 11 heteroatoms. The lowest BCUT2D eigenvalue weighted by molar-refractivity contribution is 0.280. The Kier molecular flexibility index (Phi) is 5.78. The van der Waals surface area contributed by atoms with Crippen LogP contribution < -0.4 is 11.5 Å². The van der Waals surface area contributed by atoms with E-state index in [2.05, 4.69) is 30.1 Å². The van der Waals surface area contributed by atoms with Gasteiger partial charge in [0, 0.05) is 17.3 Å². The molecule has 2 aromatic rings. The number of aryl methyl sites for hydroxylation is 1. The van der Waals surface area contributed by atoms with Crippen molar-refractivity contribution >= 4 is 30.3 Å². The van der Waals surface area contributed by atoms with Crippen LogP contribution in [0.25, 0.3) is 0 Å². The lowest BCUT2D eigenvalue weighted by Gasteiger charge is -2.06. The Balaban J connectivity index is 0.00000242. The van der Waals surface area contributed by atoms with E-state index in [0.29, 0.717) is 16.8 Å². The number of nitrogen functional groups attached to an aromatic ring is 1. The van der Waals surface area contributed by atoms with E-state index in [1.807, 2.05) is 0 Å². The fourth-order valence-electron chi connectivity index (χ4n) is 1.49. The molecule has 0 radical (unpaired) electrons. The van der Waals surface area contributed by atoms with Crippen LogP contribution in [0, 0.1) is 6.92 Å². The molecule has 2 rings (SSSR count). The van der Waals surface area contributed by atoms with E-state index in [-0.39, 0.29) is 42.1 Å². The normalized spacial score (nSPS) is 11.6. The summed E-state index contributed by atoms with van der Waals surface area (Å²) in [5.41, 5.74) is 12.2. The number of rotatable bonds is 4. The van der Waals surface area contributed by atoms with Crippen LogP contribution >= 0.6 is 12.4 Å². The molecule has 0 unspecified atom stereocenters. The van der Waals surface area contributed by atoms with Crippen molar-refractivity contribution in [1.82, 2.24) is 15.3 Å². The largest absolute Gasteiger partial charge is 0.505 e. The molecule has 0 saturated heterocycles. The van der Waals surface area contributed by atoms with Gasteiger partial charge in [-0.15, -0.1) is 17.5 Å². The third-order valence-electron chi connectivity index (χ3n) is 2.64. The second-order valence-electron chi connectivity index (χ2n) is 4.02. The molecule has 22 heavy (non-hydrogen) atoms. The highest BCUT2D eigenvalue weighted by atomic mass is 35.5. The lowest BCUT2D eigenvalue weighted by atomic mass is 10.1. The van der Waals surface area contributed by atoms with Crippen LogP contribution in [-0.4, -0.2) is 37.6 Å². The summed E-state index contributed by atoms with van der Waals surface area (Å²) in [6.45, 7) is 1.31. The van der Waals surface area contributed by atoms with E-state index in [1.54, 1.807) is 6.92 Å². The number of aliphatic hydroxyl groups is 1. The molecule has 118 valence electrons. The topological polar surface area (TPSA) is 169 Å². The lowest BCUT2D eigenvalue weighted by Crippen LogP contribution is -2.15. The number of anilines is 1. The molecule has 2 heterocycles. The van der Waals surface area contributed by atoms with E-state index in [1.165, 1.54) is 12.4 Å². The molecule has 6 N–H and O–H groups in total. The second-order valence-corrected chi connectivity index (χ2v) is 4.02. The fraction of sp³-hybridized carbons (Fsp3) is 0.182. The van der Waals surface area contributed by atoms with E-state index >= 15 is 0 Å². The molecule has 0 spiro atoms. The number of hydrogen-bond donors (Lipinski definition) is 4. The van der Waals surface area contributed by atoms with Crippen LogP contribution in [-0.2, 0) is 6.61 Å². The van der Waals surface area contributed by atoms with Gasteiger partial charge in [-0.3, -0.25) is 4.98 Å². The standard InChI is InChI=1S/C11H13N7O3.ClH/c1-5-9(20)7(6(4-19)2-14-5)3-15-16-10(12)8-11(13)18-21-17-8;/h2-3,19-20H,4H2,1H3,(H2,12,16)(H2,13,18);1H/b15-3+;. The van der Waals surface area contributed by atoms with Crippen LogP contribution in [0.3, 0.4) is 0 Å². The Morgan fingerprint density at radius 1 is 1.45 bits per heavy atom. The number of amidine groups is 1. The van der Waals surface area contributed by atoms with Crippen molar-refractivity contribution in [2.75, 3.05) is 5.73 Å². The molecule has 0 amide bonds. The van der Waals surface area contributed by atoms with Crippen molar-refractivity contribution in [2.45, 2.75) is 13.5 Å². The molecule has 0 fully saturated rings. The smallest absolute Gasteiger partial charge is 0.199 e. The van der Waals surface area contributed by atoms with Gasteiger partial charge in [0.05, 0.1) is 18.5 Å². The zero-order valence-corrected chi connectivity index (χ0v) is 12.3. The third kappa shape index (κ3) is 3.48. The zero-order chi connectivity index (χ0) is 15.4. The minimum absolute atomic E-state index is 0. The molecule has 0 aliphatic heterocycles. The molecular weight excluding hydrogens is 314 g/mol. The Bertz CT molecular complexity index is 714. The number of nitrogens with zero attached hydrogens (tertiary/aromatic N) is 5. The average Bonchev–Trinajstić information content (AvgIpc) is 2.89. The zero-order valence-electron chi connectivity index (χ0n) is 11.5. The monoisotopic (exact) mass is 327 g/mol. The predicted molar refractivity (Wildman–Crippen MR) is 80.8 cm³/mol. The van der Waals surface area contributed by atoms with Gasteiger partial charge in [0.25, 0.3) is 0 Å². The molecular formula is C11H14ClN7O3. The van der Waals surface area contributed by atoms with Crippen molar-refractivity contribution < 1.29 is 14.8 Å². The number of aromatic hydroxyl groups is 1. The van der Waals surface area contributed by atoms with Crippen molar-refractivity contribution in [3.63, 3.8) is 0 Å². The van der Waals surface area contributed by atoms with Crippen LogP contribution in [0.15, 0.2) is 21.0 Å². The van der Waals surface area contributed by atoms with Gasteiger partial charge in [-0.2, -0.15) is 5.10 Å². The van der Waals surface area contributed by atoms with E-state index in [4.69, 9.17) is 11.5 Å². The van der Waals surface area contributed by atoms with Crippen LogP contribution in [0.4, 0.5) is 5.82 Å². The average molecular weight is 328 g/mol. The molecule has 0 saturated carbocycles. The highest BCUT2D eigenvalue weighted by Gasteiger charge is 2.11. The number of hydrogen-bond acceptors (Lipinski definition) is 9. The van der Waals surface area contributed by atoms with Crippen molar-refractivity contribution in [3.8, 4) is 5.75 Å². The van der Waals surface area contributed by atoms with Gasteiger partial charge in [-0.1, -0.05) is 0 Å². The summed E-state index contributed by atoms with van der Waals surface area (Å²) in [4.78, 5) is 3.93. The first kappa shape index (κ1) is 17.3. The maximum Gasteiger partial charge on any atom is 0.199 e. The molecule has 10 nitrogen and oxygen atoms in total. The second kappa shape index (κ2) is 7.33. The maximum atomic E-state index is 9.90. The molecule has 0 aliphatic rings. The Labute approximate surface area is 130 Å². The molecule has 0 bridgehead atoms. The minimum atomic E-state index is -0.304. The summed E-state index contributed by atoms with van der Waals surface area (Å²) in [5.74, 6) is -0.201. The summed E-state index contributed by atoms with van der Waals surface area (Å²) in [6, 6.07) is 0. The number of aliphatic hydroxyl groups excluding tert-OH is 1. The van der Waals surface area contributed by atoms with Crippen molar-refractivity contribution in [2.24, 2.45) is 15.9 Å². The quantitative estimate of drug-likeness (QED) is 0.337. The molecule has 0 aliphatic carbocycles. The van der Waals surface area contributed by atoms with Crippen LogP contribution in [0.1, 0.15) is 22.5 Å². The van der Waals surface area contributed by atoms with E-state index < -0.39 is 0 Å². The Hall–Kier alpha value is -2.72. The summed E-state index contributed by atoms with van der Waals surface area (Å²) in [5, 5.41) is 33.3. The highest BCUT2D eigenvalue weighted by Crippen LogP contribution is 2.21. The van der Waals surface area contributed by atoms with Gasteiger partial charge >= 0.3 is 0 Å². The fourth-order valence-corrected chi connectivity index (χ4v) is 1.49.